The average Bonchev–Trinajstić information content (AvgIpc) is 2.63. The molecule has 0 atom stereocenters. The summed E-state index contributed by atoms with van der Waals surface area (Å²) in [6, 6.07) is 12.7. The second-order valence-corrected chi connectivity index (χ2v) is 6.50. The minimum atomic E-state index is -0.339. The van der Waals surface area contributed by atoms with Crippen molar-refractivity contribution >= 4 is 23.1 Å². The van der Waals surface area contributed by atoms with Gasteiger partial charge in [0.1, 0.15) is 11.8 Å². The number of nitrogens with zero attached hydrogens (tertiary/aromatic N) is 1. The zero-order valence-corrected chi connectivity index (χ0v) is 14.9. The number of carbonyl (C=O) groups is 1. The van der Waals surface area contributed by atoms with Crippen LogP contribution in [0.25, 0.3) is 11.0 Å². The molecule has 1 amide bonds. The van der Waals surface area contributed by atoms with Crippen molar-refractivity contribution in [2.45, 2.75) is 26.7 Å². The molecule has 5 nitrogen and oxygen atoms in total. The minimum Gasteiger partial charge on any atom is -0.463 e. The Morgan fingerprint density at radius 1 is 1.15 bits per heavy atom. The van der Waals surface area contributed by atoms with Crippen molar-refractivity contribution in [3.05, 3.63) is 81.2 Å². The molecule has 26 heavy (non-hydrogen) atoms. The highest BCUT2D eigenvalue weighted by Crippen LogP contribution is 2.19. The molecule has 132 valence electrons. The van der Waals surface area contributed by atoms with E-state index in [1.54, 1.807) is 18.2 Å². The number of aryl methyl sites for hydroxylation is 1. The van der Waals surface area contributed by atoms with Crippen LogP contribution in [0.15, 0.2) is 63.0 Å². The van der Waals surface area contributed by atoms with Crippen molar-refractivity contribution in [2.75, 3.05) is 0 Å². The normalized spacial score (nSPS) is 11.4. The molecule has 2 aromatic carbocycles. The number of hydrogen-bond donors (Lipinski definition) is 1. The number of nitrogens with one attached hydrogen (secondary N) is 1. The van der Waals surface area contributed by atoms with Gasteiger partial charge in [-0.1, -0.05) is 37.6 Å². The van der Waals surface area contributed by atoms with Crippen molar-refractivity contribution in [3.8, 4) is 0 Å². The van der Waals surface area contributed by atoms with E-state index in [2.05, 4.69) is 24.4 Å². The molecule has 0 spiro atoms. The molecule has 0 aliphatic carbocycles. The van der Waals surface area contributed by atoms with Crippen molar-refractivity contribution < 1.29 is 9.21 Å². The average molecular weight is 348 g/mol. The van der Waals surface area contributed by atoms with Gasteiger partial charge in [0.15, 0.2) is 0 Å². The molecule has 3 aromatic rings. The molecule has 0 aliphatic rings. The number of fused-ring (bicyclic) bond motifs is 1. The molecular formula is C21H20N2O3. The lowest BCUT2D eigenvalue weighted by Crippen LogP contribution is -2.18. The lowest BCUT2D eigenvalue weighted by atomic mass is 10.0. The fourth-order valence-electron chi connectivity index (χ4n) is 2.54. The van der Waals surface area contributed by atoms with Crippen molar-refractivity contribution in [3.63, 3.8) is 0 Å². The van der Waals surface area contributed by atoms with E-state index in [-0.39, 0.29) is 16.9 Å². The maximum absolute atomic E-state index is 12.6. The number of carbonyl (C=O) groups excluding carboxylic acids is 1. The lowest BCUT2D eigenvalue weighted by molar-refractivity contribution is 0.0955. The zero-order valence-electron chi connectivity index (χ0n) is 14.9. The van der Waals surface area contributed by atoms with Gasteiger partial charge in [0.25, 0.3) is 5.91 Å². The van der Waals surface area contributed by atoms with E-state index >= 15 is 0 Å². The monoisotopic (exact) mass is 348 g/mol. The van der Waals surface area contributed by atoms with Crippen LogP contribution >= 0.6 is 0 Å². The van der Waals surface area contributed by atoms with Crippen LogP contribution in [0.3, 0.4) is 0 Å². The molecule has 0 bridgehead atoms. The third-order valence-electron chi connectivity index (χ3n) is 4.17. The van der Waals surface area contributed by atoms with E-state index in [1.807, 2.05) is 31.2 Å². The Morgan fingerprint density at radius 3 is 2.58 bits per heavy atom. The topological polar surface area (TPSA) is 71.7 Å². The molecule has 0 unspecified atom stereocenters. The third kappa shape index (κ3) is 3.72. The Kier molecular flexibility index (Phi) is 4.98. The van der Waals surface area contributed by atoms with E-state index in [4.69, 9.17) is 4.42 Å². The van der Waals surface area contributed by atoms with Crippen LogP contribution in [-0.4, -0.2) is 12.1 Å². The number of benzene rings is 2. The summed E-state index contributed by atoms with van der Waals surface area (Å²) in [5, 5.41) is 4.39. The Labute approximate surface area is 151 Å². The van der Waals surface area contributed by atoms with E-state index in [1.165, 1.54) is 12.5 Å². The SMILES string of the molecule is Cc1ccc(C(=O)N/N=C/c2coc3ccc(C(C)C)cc3c2=O)cc1. The molecule has 1 heterocycles. The van der Waals surface area contributed by atoms with Gasteiger partial charge in [0, 0.05) is 5.56 Å². The summed E-state index contributed by atoms with van der Waals surface area (Å²) in [6.45, 7) is 6.08. The van der Waals surface area contributed by atoms with Crippen molar-refractivity contribution in [2.24, 2.45) is 5.10 Å². The summed E-state index contributed by atoms with van der Waals surface area (Å²) in [4.78, 5) is 24.7. The molecule has 0 aliphatic heterocycles. The van der Waals surface area contributed by atoms with Gasteiger partial charge >= 0.3 is 0 Å². The molecule has 0 saturated heterocycles. The van der Waals surface area contributed by atoms with E-state index < -0.39 is 0 Å². The quantitative estimate of drug-likeness (QED) is 0.572. The second-order valence-electron chi connectivity index (χ2n) is 6.50. The fourth-order valence-corrected chi connectivity index (χ4v) is 2.54. The third-order valence-corrected chi connectivity index (χ3v) is 4.17. The number of rotatable bonds is 4. The largest absolute Gasteiger partial charge is 0.463 e. The lowest BCUT2D eigenvalue weighted by Gasteiger charge is -2.06. The molecule has 3 rings (SSSR count). The Balaban J connectivity index is 1.83. The highest BCUT2D eigenvalue weighted by molar-refractivity contribution is 5.95. The smallest absolute Gasteiger partial charge is 0.271 e. The van der Waals surface area contributed by atoms with Gasteiger partial charge in [-0.05, 0) is 42.7 Å². The Hall–Kier alpha value is -3.21. The Morgan fingerprint density at radius 2 is 1.88 bits per heavy atom. The van der Waals surface area contributed by atoms with E-state index in [0.29, 0.717) is 22.5 Å². The van der Waals surface area contributed by atoms with Crippen LogP contribution in [0, 0.1) is 6.92 Å². The first-order valence-corrected chi connectivity index (χ1v) is 8.41. The van der Waals surface area contributed by atoms with Crippen LogP contribution in [0.2, 0.25) is 0 Å². The second kappa shape index (κ2) is 7.35. The number of hydrogen-bond acceptors (Lipinski definition) is 4. The number of hydrazone groups is 1. The predicted octanol–water partition coefficient (Wildman–Crippen LogP) is 3.99. The highest BCUT2D eigenvalue weighted by Gasteiger charge is 2.08. The fraction of sp³-hybridized carbons (Fsp3) is 0.190. The number of amides is 1. The van der Waals surface area contributed by atoms with Gasteiger partial charge in [0.05, 0.1) is 17.2 Å². The first-order chi connectivity index (χ1) is 12.5. The van der Waals surface area contributed by atoms with Gasteiger partial charge < -0.3 is 4.42 Å². The van der Waals surface area contributed by atoms with Crippen molar-refractivity contribution in [1.29, 1.82) is 0 Å². The van der Waals surface area contributed by atoms with Crippen LogP contribution in [0.5, 0.6) is 0 Å². The first-order valence-electron chi connectivity index (χ1n) is 8.41. The van der Waals surface area contributed by atoms with Crippen LogP contribution in [-0.2, 0) is 0 Å². The molecule has 1 N–H and O–H groups in total. The van der Waals surface area contributed by atoms with E-state index in [0.717, 1.165) is 11.1 Å². The van der Waals surface area contributed by atoms with Crippen molar-refractivity contribution in [1.82, 2.24) is 5.43 Å². The maximum Gasteiger partial charge on any atom is 0.271 e. The zero-order chi connectivity index (χ0) is 18.7. The summed E-state index contributed by atoms with van der Waals surface area (Å²) in [5.74, 6) is -0.0292. The molecule has 1 aromatic heterocycles. The molecule has 0 fully saturated rings. The van der Waals surface area contributed by atoms with Gasteiger partial charge in [-0.15, -0.1) is 0 Å². The molecular weight excluding hydrogens is 328 g/mol. The van der Waals surface area contributed by atoms with Crippen LogP contribution in [0.4, 0.5) is 0 Å². The summed E-state index contributed by atoms with van der Waals surface area (Å²) in [7, 11) is 0. The summed E-state index contributed by atoms with van der Waals surface area (Å²) >= 11 is 0. The first kappa shape index (κ1) is 17.6. The minimum absolute atomic E-state index is 0.179. The predicted molar refractivity (Wildman–Crippen MR) is 103 cm³/mol. The summed E-state index contributed by atoms with van der Waals surface area (Å²) in [5.41, 5.74) is 5.68. The summed E-state index contributed by atoms with van der Waals surface area (Å²) in [6.07, 6.45) is 2.65. The summed E-state index contributed by atoms with van der Waals surface area (Å²) < 4.78 is 5.51. The maximum atomic E-state index is 12.6. The molecule has 0 saturated carbocycles. The van der Waals surface area contributed by atoms with Gasteiger partial charge in [-0.3, -0.25) is 9.59 Å². The van der Waals surface area contributed by atoms with Gasteiger partial charge in [-0.2, -0.15) is 5.10 Å². The highest BCUT2D eigenvalue weighted by atomic mass is 16.3. The van der Waals surface area contributed by atoms with E-state index in [9.17, 15) is 9.59 Å². The Bertz CT molecular complexity index is 1030. The standard InChI is InChI=1S/C21H20N2O3/c1-13(2)16-8-9-19-18(10-16)20(24)17(12-26-19)11-22-23-21(25)15-6-4-14(3)5-7-15/h4-13H,1-3H3,(H,23,25)/b22-11+. The van der Waals surface area contributed by atoms with Gasteiger partial charge in [0.2, 0.25) is 5.43 Å². The molecule has 0 radical (unpaired) electrons. The molecule has 5 heteroatoms. The van der Waals surface area contributed by atoms with Gasteiger partial charge in [-0.25, -0.2) is 5.43 Å². The van der Waals surface area contributed by atoms with Crippen LogP contribution < -0.4 is 10.9 Å². The van der Waals surface area contributed by atoms with Crippen LogP contribution in [0.1, 0.15) is 46.8 Å².